The number of aromatic nitrogens is 1. The normalized spacial score (nSPS) is 18.1. The third kappa shape index (κ3) is 2.58. The van der Waals surface area contributed by atoms with E-state index in [4.69, 9.17) is 0 Å². The van der Waals surface area contributed by atoms with Crippen molar-refractivity contribution in [3.8, 4) is 5.75 Å². The van der Waals surface area contributed by atoms with Gasteiger partial charge in [-0.3, -0.25) is 0 Å². The van der Waals surface area contributed by atoms with Gasteiger partial charge in [0.25, 0.3) is 0 Å². The van der Waals surface area contributed by atoms with Crippen molar-refractivity contribution in [2.24, 2.45) is 0 Å². The molecule has 1 aromatic heterocycles. The van der Waals surface area contributed by atoms with Crippen LogP contribution in [0.4, 0.5) is 0 Å². The molecule has 1 aromatic carbocycles. The molecule has 0 aliphatic carbocycles. The first-order valence-corrected chi connectivity index (χ1v) is 6.86. The molecule has 4 heteroatoms. The molecule has 104 valence electrons. The van der Waals surface area contributed by atoms with Crippen molar-refractivity contribution in [1.29, 1.82) is 0 Å². The van der Waals surface area contributed by atoms with Crippen molar-refractivity contribution in [1.82, 2.24) is 10.3 Å². The topological polar surface area (TPSA) is 48.0 Å². The summed E-state index contributed by atoms with van der Waals surface area (Å²) >= 11 is 0. The van der Waals surface area contributed by atoms with E-state index in [0.29, 0.717) is 11.8 Å². The molecule has 0 amide bonds. The molecule has 0 spiro atoms. The smallest absolute Gasteiger partial charge is 0.116 e. The fourth-order valence-corrected chi connectivity index (χ4v) is 2.95. The van der Waals surface area contributed by atoms with E-state index in [9.17, 15) is 5.11 Å². The number of H-pyrrole nitrogens is 1. The standard InChI is InChI=1S/C15H20N2O.ClH/c1-2-3-4-14-15-11(7-8-16-14)12-9-10(18)5-6-13(12)17-15;/h5-6,9,14,16-18H,2-4,7-8H2,1H3;1H. The van der Waals surface area contributed by atoms with E-state index in [2.05, 4.69) is 17.2 Å². The zero-order chi connectivity index (χ0) is 12.5. The van der Waals surface area contributed by atoms with Gasteiger partial charge in [-0.05, 0) is 43.1 Å². The van der Waals surface area contributed by atoms with Crippen LogP contribution in [-0.4, -0.2) is 16.6 Å². The summed E-state index contributed by atoms with van der Waals surface area (Å²) in [4.78, 5) is 3.53. The molecule has 1 aliphatic heterocycles. The lowest BCUT2D eigenvalue weighted by Crippen LogP contribution is -2.29. The lowest BCUT2D eigenvalue weighted by atomic mass is 9.96. The van der Waals surface area contributed by atoms with E-state index >= 15 is 0 Å². The molecule has 19 heavy (non-hydrogen) atoms. The van der Waals surface area contributed by atoms with Gasteiger partial charge in [-0.1, -0.05) is 19.8 Å². The van der Waals surface area contributed by atoms with E-state index in [1.165, 1.54) is 35.9 Å². The molecule has 3 N–H and O–H groups in total. The van der Waals surface area contributed by atoms with E-state index in [1.54, 1.807) is 6.07 Å². The first-order chi connectivity index (χ1) is 8.79. The summed E-state index contributed by atoms with van der Waals surface area (Å²) in [5, 5.41) is 14.4. The van der Waals surface area contributed by atoms with Gasteiger partial charge >= 0.3 is 0 Å². The van der Waals surface area contributed by atoms with Crippen LogP contribution in [0.3, 0.4) is 0 Å². The number of benzene rings is 1. The molecule has 0 saturated carbocycles. The van der Waals surface area contributed by atoms with Crippen LogP contribution in [0.5, 0.6) is 5.75 Å². The van der Waals surface area contributed by atoms with Crippen LogP contribution in [0, 0.1) is 0 Å². The number of aromatic hydroxyl groups is 1. The largest absolute Gasteiger partial charge is 0.508 e. The molecule has 3 rings (SSSR count). The quantitative estimate of drug-likeness (QED) is 0.803. The number of nitrogens with one attached hydrogen (secondary N) is 2. The van der Waals surface area contributed by atoms with Gasteiger partial charge in [0.2, 0.25) is 0 Å². The zero-order valence-corrected chi connectivity index (χ0v) is 12.0. The molecule has 2 aromatic rings. The second-order valence-electron chi connectivity index (χ2n) is 5.15. The van der Waals surface area contributed by atoms with Gasteiger partial charge in [-0.25, -0.2) is 0 Å². The number of fused-ring (bicyclic) bond motifs is 3. The summed E-state index contributed by atoms with van der Waals surface area (Å²) in [5.41, 5.74) is 3.86. The first-order valence-electron chi connectivity index (χ1n) is 6.86. The highest BCUT2D eigenvalue weighted by molar-refractivity contribution is 5.86. The SMILES string of the molecule is CCCCC1NCCc2c1[nH]c1ccc(O)cc21.Cl. The molecule has 0 saturated heterocycles. The van der Waals surface area contributed by atoms with Crippen LogP contribution in [0.1, 0.15) is 43.5 Å². The van der Waals surface area contributed by atoms with Crippen LogP contribution < -0.4 is 5.32 Å². The predicted octanol–water partition coefficient (Wildman–Crippen LogP) is 3.67. The molecule has 2 heterocycles. The average Bonchev–Trinajstić information content (AvgIpc) is 2.75. The highest BCUT2D eigenvalue weighted by Gasteiger charge is 2.23. The van der Waals surface area contributed by atoms with Crippen LogP contribution in [0.15, 0.2) is 18.2 Å². The van der Waals surface area contributed by atoms with Crippen molar-refractivity contribution in [2.75, 3.05) is 6.54 Å². The summed E-state index contributed by atoms with van der Waals surface area (Å²) in [7, 11) is 0. The highest BCUT2D eigenvalue weighted by Crippen LogP contribution is 2.33. The van der Waals surface area contributed by atoms with Crippen molar-refractivity contribution in [3.05, 3.63) is 29.5 Å². The highest BCUT2D eigenvalue weighted by atomic mass is 35.5. The Hall–Kier alpha value is -1.19. The number of halogens is 1. The van der Waals surface area contributed by atoms with Crippen LogP contribution in [-0.2, 0) is 6.42 Å². The Bertz CT molecular complexity index is 565. The van der Waals surface area contributed by atoms with Crippen molar-refractivity contribution < 1.29 is 5.11 Å². The maximum atomic E-state index is 9.63. The minimum atomic E-state index is 0. The van der Waals surface area contributed by atoms with Crippen molar-refractivity contribution in [2.45, 2.75) is 38.6 Å². The number of rotatable bonds is 3. The number of aromatic amines is 1. The van der Waals surface area contributed by atoms with E-state index < -0.39 is 0 Å². The molecule has 0 fully saturated rings. The maximum Gasteiger partial charge on any atom is 0.116 e. The first kappa shape index (κ1) is 14.2. The molecule has 0 bridgehead atoms. The summed E-state index contributed by atoms with van der Waals surface area (Å²) in [6, 6.07) is 6.05. The Morgan fingerprint density at radius 3 is 3.00 bits per heavy atom. The number of phenolic OH excluding ortho intramolecular Hbond substituents is 1. The third-order valence-corrected chi connectivity index (χ3v) is 3.88. The molecule has 3 nitrogen and oxygen atoms in total. The number of hydrogen-bond donors (Lipinski definition) is 3. The summed E-state index contributed by atoms with van der Waals surface area (Å²) in [6.45, 7) is 3.26. The van der Waals surface area contributed by atoms with Crippen molar-refractivity contribution >= 4 is 23.3 Å². The second-order valence-corrected chi connectivity index (χ2v) is 5.15. The van der Waals surface area contributed by atoms with Gasteiger partial charge in [0.05, 0.1) is 0 Å². The zero-order valence-electron chi connectivity index (χ0n) is 11.2. The van der Waals surface area contributed by atoms with Crippen LogP contribution in [0.25, 0.3) is 10.9 Å². The number of unbranched alkanes of at least 4 members (excludes halogenated alkanes) is 1. The van der Waals surface area contributed by atoms with Gasteiger partial charge in [-0.2, -0.15) is 0 Å². The van der Waals surface area contributed by atoms with Gasteiger partial charge in [0.15, 0.2) is 0 Å². The monoisotopic (exact) mass is 280 g/mol. The lowest BCUT2D eigenvalue weighted by Gasteiger charge is -2.24. The van der Waals surface area contributed by atoms with Crippen LogP contribution >= 0.6 is 12.4 Å². The minimum Gasteiger partial charge on any atom is -0.508 e. The van der Waals surface area contributed by atoms with Crippen molar-refractivity contribution in [3.63, 3.8) is 0 Å². The van der Waals surface area contributed by atoms with E-state index in [1.807, 2.05) is 12.1 Å². The summed E-state index contributed by atoms with van der Waals surface area (Å²) < 4.78 is 0. The molecule has 1 atom stereocenters. The predicted molar refractivity (Wildman–Crippen MR) is 81.2 cm³/mol. The van der Waals surface area contributed by atoms with Crippen LogP contribution in [0.2, 0.25) is 0 Å². The Balaban J connectivity index is 0.00000133. The maximum absolute atomic E-state index is 9.63. The van der Waals surface area contributed by atoms with E-state index in [-0.39, 0.29) is 12.4 Å². The number of phenols is 1. The fraction of sp³-hybridized carbons (Fsp3) is 0.467. The Labute approximate surface area is 119 Å². The Morgan fingerprint density at radius 2 is 2.21 bits per heavy atom. The van der Waals surface area contributed by atoms with Gasteiger partial charge in [0.1, 0.15) is 5.75 Å². The summed E-state index contributed by atoms with van der Waals surface area (Å²) in [6.07, 6.45) is 4.70. The van der Waals surface area contributed by atoms with Gasteiger partial charge < -0.3 is 15.4 Å². The van der Waals surface area contributed by atoms with E-state index in [0.717, 1.165) is 18.5 Å². The Morgan fingerprint density at radius 1 is 1.37 bits per heavy atom. The second kappa shape index (κ2) is 5.85. The minimum absolute atomic E-state index is 0. The average molecular weight is 281 g/mol. The third-order valence-electron chi connectivity index (χ3n) is 3.88. The lowest BCUT2D eigenvalue weighted by molar-refractivity contribution is 0.453. The molecular formula is C15H21ClN2O. The molecule has 1 unspecified atom stereocenters. The Kier molecular flexibility index (Phi) is 4.38. The number of hydrogen-bond acceptors (Lipinski definition) is 2. The summed E-state index contributed by atoms with van der Waals surface area (Å²) in [5.74, 6) is 0.355. The van der Waals surface area contributed by atoms with Gasteiger partial charge in [-0.15, -0.1) is 12.4 Å². The molecular weight excluding hydrogens is 260 g/mol. The van der Waals surface area contributed by atoms with Gasteiger partial charge in [0, 0.05) is 22.6 Å². The molecule has 1 aliphatic rings. The molecule has 0 radical (unpaired) electrons. The fourth-order valence-electron chi connectivity index (χ4n) is 2.95.